The minimum absolute atomic E-state index is 0.105. The summed E-state index contributed by atoms with van der Waals surface area (Å²) in [4.78, 5) is 12.8. The molecule has 25 heavy (non-hydrogen) atoms. The molecule has 0 unspecified atom stereocenters. The van der Waals surface area contributed by atoms with Crippen LogP contribution >= 0.6 is 0 Å². The number of fused-ring (bicyclic) bond motifs is 1. The lowest BCUT2D eigenvalue weighted by Gasteiger charge is -2.13. The van der Waals surface area contributed by atoms with Gasteiger partial charge in [0.1, 0.15) is 0 Å². The van der Waals surface area contributed by atoms with Crippen molar-refractivity contribution in [3.63, 3.8) is 0 Å². The number of nitrogens with zero attached hydrogens (tertiary/aromatic N) is 1. The number of anilines is 1. The van der Waals surface area contributed by atoms with Crippen molar-refractivity contribution in [2.45, 2.75) is 32.6 Å². The van der Waals surface area contributed by atoms with Crippen molar-refractivity contribution in [2.24, 2.45) is 0 Å². The molecule has 1 amide bonds. The van der Waals surface area contributed by atoms with Crippen LogP contribution in [0.15, 0.2) is 48.5 Å². The van der Waals surface area contributed by atoms with Crippen LogP contribution in [0, 0.1) is 6.92 Å². The molecule has 0 fully saturated rings. The number of amides is 1. The van der Waals surface area contributed by atoms with E-state index in [2.05, 4.69) is 15.5 Å². The molecule has 3 aromatic rings. The lowest BCUT2D eigenvalue weighted by atomic mass is 9.92. The highest BCUT2D eigenvalue weighted by atomic mass is 16.1. The van der Waals surface area contributed by atoms with E-state index in [-0.39, 0.29) is 5.91 Å². The van der Waals surface area contributed by atoms with Gasteiger partial charge in [0.2, 0.25) is 0 Å². The average Bonchev–Trinajstić information content (AvgIpc) is 3.07. The third-order valence-electron chi connectivity index (χ3n) is 4.79. The minimum atomic E-state index is -0.105. The molecule has 4 rings (SSSR count). The van der Waals surface area contributed by atoms with Gasteiger partial charge in [0.25, 0.3) is 5.91 Å². The highest BCUT2D eigenvalue weighted by Gasteiger charge is 2.21. The molecule has 0 saturated heterocycles. The van der Waals surface area contributed by atoms with Gasteiger partial charge in [0.05, 0.1) is 5.69 Å². The lowest BCUT2D eigenvalue weighted by Crippen LogP contribution is -2.13. The number of aromatic amines is 1. The van der Waals surface area contributed by atoms with Gasteiger partial charge >= 0.3 is 0 Å². The molecule has 1 aliphatic carbocycles. The number of hydrogen-bond donors (Lipinski definition) is 2. The Kier molecular flexibility index (Phi) is 4.10. The first-order valence-corrected chi connectivity index (χ1v) is 8.76. The molecule has 0 bridgehead atoms. The number of carbonyl (C=O) groups excluding carboxylic acids is 1. The second kappa shape index (κ2) is 6.55. The van der Waals surface area contributed by atoms with Gasteiger partial charge in [-0.15, -0.1) is 0 Å². The van der Waals surface area contributed by atoms with Crippen molar-refractivity contribution < 1.29 is 4.79 Å². The Hall–Kier alpha value is -2.88. The fraction of sp³-hybridized carbons (Fsp3) is 0.238. The summed E-state index contributed by atoms with van der Waals surface area (Å²) in [5, 5.41) is 10.7. The first-order chi connectivity index (χ1) is 12.2. The summed E-state index contributed by atoms with van der Waals surface area (Å²) in [6, 6.07) is 15.5. The van der Waals surface area contributed by atoms with Crippen LogP contribution in [0.1, 0.15) is 40.0 Å². The summed E-state index contributed by atoms with van der Waals surface area (Å²) in [5.41, 5.74) is 6.92. The largest absolute Gasteiger partial charge is 0.322 e. The van der Waals surface area contributed by atoms with Gasteiger partial charge in [0, 0.05) is 28.1 Å². The fourth-order valence-electron chi connectivity index (χ4n) is 3.43. The van der Waals surface area contributed by atoms with Gasteiger partial charge in [-0.2, -0.15) is 5.10 Å². The summed E-state index contributed by atoms with van der Waals surface area (Å²) in [5.74, 6) is -0.105. The zero-order valence-corrected chi connectivity index (χ0v) is 14.3. The Morgan fingerprint density at radius 2 is 1.80 bits per heavy atom. The second-order valence-corrected chi connectivity index (χ2v) is 6.60. The summed E-state index contributed by atoms with van der Waals surface area (Å²) in [7, 11) is 0. The van der Waals surface area contributed by atoms with Crippen molar-refractivity contribution in [2.75, 3.05) is 5.32 Å². The van der Waals surface area contributed by atoms with Gasteiger partial charge < -0.3 is 5.32 Å². The second-order valence-electron chi connectivity index (χ2n) is 6.60. The zero-order chi connectivity index (χ0) is 17.2. The van der Waals surface area contributed by atoms with E-state index >= 15 is 0 Å². The van der Waals surface area contributed by atoms with Crippen LogP contribution in [0.2, 0.25) is 0 Å². The highest BCUT2D eigenvalue weighted by molar-refractivity contribution is 6.08. The first kappa shape index (κ1) is 15.6. The van der Waals surface area contributed by atoms with Crippen molar-refractivity contribution in [3.05, 3.63) is 70.9 Å². The molecule has 0 saturated carbocycles. The predicted molar refractivity (Wildman–Crippen MR) is 99.8 cm³/mol. The van der Waals surface area contributed by atoms with Gasteiger partial charge in [-0.25, -0.2) is 0 Å². The lowest BCUT2D eigenvalue weighted by molar-refractivity contribution is 0.102. The van der Waals surface area contributed by atoms with E-state index < -0.39 is 0 Å². The monoisotopic (exact) mass is 331 g/mol. The SMILES string of the molecule is Cc1ccc(NC(=O)c2ccccc2-c2n[nH]c3c2CCCC3)cc1. The van der Waals surface area contributed by atoms with E-state index in [4.69, 9.17) is 0 Å². The van der Waals surface area contributed by atoms with Crippen LogP contribution in [0.3, 0.4) is 0 Å². The third kappa shape index (κ3) is 3.07. The van der Waals surface area contributed by atoms with E-state index in [0.29, 0.717) is 5.56 Å². The maximum absolute atomic E-state index is 12.8. The summed E-state index contributed by atoms with van der Waals surface area (Å²) >= 11 is 0. The number of H-pyrrole nitrogens is 1. The summed E-state index contributed by atoms with van der Waals surface area (Å²) < 4.78 is 0. The highest BCUT2D eigenvalue weighted by Crippen LogP contribution is 2.31. The van der Waals surface area contributed by atoms with Crippen LogP contribution in [-0.2, 0) is 12.8 Å². The van der Waals surface area contributed by atoms with Crippen LogP contribution in [0.5, 0.6) is 0 Å². The van der Waals surface area contributed by atoms with Crippen molar-refractivity contribution in [1.82, 2.24) is 10.2 Å². The molecule has 0 radical (unpaired) electrons. The Labute approximate surface area is 147 Å². The van der Waals surface area contributed by atoms with Crippen LogP contribution < -0.4 is 5.32 Å². The Bertz CT molecular complexity index is 909. The van der Waals surface area contributed by atoms with Crippen molar-refractivity contribution >= 4 is 11.6 Å². The number of nitrogens with one attached hydrogen (secondary N) is 2. The number of rotatable bonds is 3. The van der Waals surface area contributed by atoms with E-state index in [0.717, 1.165) is 29.8 Å². The fourth-order valence-corrected chi connectivity index (χ4v) is 3.43. The van der Waals surface area contributed by atoms with E-state index in [1.807, 2.05) is 55.5 Å². The molecule has 0 aliphatic heterocycles. The maximum atomic E-state index is 12.8. The predicted octanol–water partition coefficient (Wildman–Crippen LogP) is 4.52. The normalized spacial score (nSPS) is 13.3. The van der Waals surface area contributed by atoms with Crippen LogP contribution in [0.25, 0.3) is 11.3 Å². The third-order valence-corrected chi connectivity index (χ3v) is 4.79. The number of carbonyl (C=O) groups is 1. The Balaban J connectivity index is 1.68. The van der Waals surface area contributed by atoms with Crippen molar-refractivity contribution in [3.8, 4) is 11.3 Å². The number of aryl methyl sites for hydroxylation is 2. The quantitative estimate of drug-likeness (QED) is 0.741. The molecule has 2 aromatic carbocycles. The molecule has 1 aromatic heterocycles. The maximum Gasteiger partial charge on any atom is 0.256 e. The molecule has 1 heterocycles. The summed E-state index contributed by atoms with van der Waals surface area (Å²) in [6.45, 7) is 2.03. The van der Waals surface area contributed by atoms with Gasteiger partial charge in [-0.05, 0) is 50.8 Å². The van der Waals surface area contributed by atoms with Gasteiger partial charge in [0.15, 0.2) is 0 Å². The standard InChI is InChI=1S/C21H21N3O/c1-14-10-12-15(13-11-14)22-21(25)17-7-3-2-6-16(17)20-18-8-4-5-9-19(18)23-24-20/h2-3,6-7,10-13H,4-5,8-9H2,1H3,(H,22,25)(H,23,24). The average molecular weight is 331 g/mol. The van der Waals surface area contributed by atoms with Gasteiger partial charge in [-0.3, -0.25) is 9.89 Å². The van der Waals surface area contributed by atoms with E-state index in [1.165, 1.54) is 29.7 Å². The molecule has 4 nitrogen and oxygen atoms in total. The molecular weight excluding hydrogens is 310 g/mol. The van der Waals surface area contributed by atoms with Gasteiger partial charge in [-0.1, -0.05) is 35.9 Å². The molecular formula is C21H21N3O. The number of aromatic nitrogens is 2. The molecule has 1 aliphatic rings. The molecule has 0 atom stereocenters. The Morgan fingerprint density at radius 3 is 2.64 bits per heavy atom. The first-order valence-electron chi connectivity index (χ1n) is 8.76. The topological polar surface area (TPSA) is 57.8 Å². The summed E-state index contributed by atoms with van der Waals surface area (Å²) in [6.07, 6.45) is 4.44. The van der Waals surface area contributed by atoms with E-state index in [1.54, 1.807) is 0 Å². The molecule has 4 heteroatoms. The number of benzene rings is 2. The van der Waals surface area contributed by atoms with E-state index in [9.17, 15) is 4.79 Å². The van der Waals surface area contributed by atoms with Crippen LogP contribution in [-0.4, -0.2) is 16.1 Å². The zero-order valence-electron chi connectivity index (χ0n) is 14.3. The molecule has 2 N–H and O–H groups in total. The van der Waals surface area contributed by atoms with Crippen LogP contribution in [0.4, 0.5) is 5.69 Å². The molecule has 0 spiro atoms. The molecule has 126 valence electrons. The smallest absolute Gasteiger partial charge is 0.256 e. The Morgan fingerprint density at radius 1 is 1.04 bits per heavy atom. The van der Waals surface area contributed by atoms with Crippen molar-refractivity contribution in [1.29, 1.82) is 0 Å². The number of hydrogen-bond acceptors (Lipinski definition) is 2. The minimum Gasteiger partial charge on any atom is -0.322 e.